The fraction of sp³-hybridized carbons (Fsp3) is 0. The molecule has 0 aliphatic rings. The van der Waals surface area contributed by atoms with Gasteiger partial charge in [-0.25, -0.2) is 13.8 Å². The molecule has 0 unspecified atom stereocenters. The van der Waals surface area contributed by atoms with Crippen molar-refractivity contribution in [1.82, 2.24) is 15.2 Å². The van der Waals surface area contributed by atoms with Gasteiger partial charge < -0.3 is 0 Å². The first-order valence-corrected chi connectivity index (χ1v) is 7.76. The van der Waals surface area contributed by atoms with Crippen molar-refractivity contribution in [3.8, 4) is 11.3 Å². The number of hydrogen-bond acceptors (Lipinski definition) is 3. The van der Waals surface area contributed by atoms with Crippen LogP contribution in [0.1, 0.15) is 10.4 Å². The first-order chi connectivity index (χ1) is 11.6. The smallest absolute Gasteiger partial charge is 0.150 e. The zero-order valence-corrected chi connectivity index (χ0v) is 13.6. The van der Waals surface area contributed by atoms with E-state index in [-0.39, 0.29) is 11.3 Å². The van der Waals surface area contributed by atoms with E-state index < -0.39 is 11.6 Å². The number of carbonyl (C=O) groups excluding carboxylic acids is 1. The van der Waals surface area contributed by atoms with Gasteiger partial charge in [-0.3, -0.25) is 9.89 Å². The van der Waals surface area contributed by atoms with Gasteiger partial charge in [0.1, 0.15) is 33.6 Å². The number of nitrogens with zero attached hydrogens (tertiary/aromatic N) is 2. The summed E-state index contributed by atoms with van der Waals surface area (Å²) in [6.45, 7) is 0. The summed E-state index contributed by atoms with van der Waals surface area (Å²) in [6, 6.07) is 8.50. The summed E-state index contributed by atoms with van der Waals surface area (Å²) in [6.07, 6.45) is 0.672. The molecule has 0 saturated heterocycles. The number of pyridine rings is 1. The predicted molar refractivity (Wildman–Crippen MR) is 89.8 cm³/mol. The van der Waals surface area contributed by atoms with E-state index in [0.717, 1.165) is 0 Å². The summed E-state index contributed by atoms with van der Waals surface area (Å²) < 4.78 is 29.1. The minimum atomic E-state index is -0.723. The van der Waals surface area contributed by atoms with Gasteiger partial charge in [-0.1, -0.05) is 18.2 Å². The number of fused-ring (bicyclic) bond motifs is 3. The first kappa shape index (κ1) is 14.9. The summed E-state index contributed by atoms with van der Waals surface area (Å²) in [5, 5.41) is 8.02. The number of H-pyrrole nitrogens is 1. The van der Waals surface area contributed by atoms with Crippen molar-refractivity contribution in [3.05, 3.63) is 58.2 Å². The fourth-order valence-corrected chi connectivity index (χ4v) is 3.09. The lowest BCUT2D eigenvalue weighted by Crippen LogP contribution is -1.96. The Balaban J connectivity index is 2.23. The lowest BCUT2D eigenvalue weighted by molar-refractivity contribution is 0.112. The molecule has 1 N–H and O–H groups in total. The number of nitrogens with one attached hydrogen (secondary N) is 1. The van der Waals surface area contributed by atoms with Crippen molar-refractivity contribution < 1.29 is 13.6 Å². The first-order valence-electron chi connectivity index (χ1n) is 6.97. The summed E-state index contributed by atoms with van der Waals surface area (Å²) in [5.41, 5.74) is 1.28. The van der Waals surface area contributed by atoms with E-state index in [9.17, 15) is 13.6 Å². The van der Waals surface area contributed by atoms with Crippen LogP contribution in [0.5, 0.6) is 0 Å². The van der Waals surface area contributed by atoms with Crippen LogP contribution in [0.3, 0.4) is 0 Å². The molecule has 2 heterocycles. The minimum Gasteiger partial charge on any atom is -0.298 e. The summed E-state index contributed by atoms with van der Waals surface area (Å²) >= 11 is 3.30. The van der Waals surface area contributed by atoms with Crippen LogP contribution in [0.2, 0.25) is 0 Å². The van der Waals surface area contributed by atoms with Gasteiger partial charge in [0, 0.05) is 16.3 Å². The van der Waals surface area contributed by atoms with Crippen LogP contribution in [0, 0.1) is 11.6 Å². The highest BCUT2D eigenvalue weighted by Gasteiger charge is 2.20. The molecule has 24 heavy (non-hydrogen) atoms. The van der Waals surface area contributed by atoms with Crippen molar-refractivity contribution in [2.24, 2.45) is 0 Å². The third-order valence-electron chi connectivity index (χ3n) is 3.81. The largest absolute Gasteiger partial charge is 0.298 e. The topological polar surface area (TPSA) is 58.6 Å². The Labute approximate surface area is 142 Å². The van der Waals surface area contributed by atoms with Gasteiger partial charge in [0.15, 0.2) is 0 Å². The predicted octanol–water partition coefficient (Wildman–Crippen LogP) is 4.63. The Morgan fingerprint density at radius 3 is 2.50 bits per heavy atom. The van der Waals surface area contributed by atoms with E-state index >= 15 is 0 Å². The Morgan fingerprint density at radius 1 is 1.04 bits per heavy atom. The molecule has 0 atom stereocenters. The Hall–Kier alpha value is -2.67. The number of benzene rings is 2. The van der Waals surface area contributed by atoms with Gasteiger partial charge in [0.05, 0.1) is 11.3 Å². The second-order valence-electron chi connectivity index (χ2n) is 5.21. The maximum atomic E-state index is 14.3. The van der Waals surface area contributed by atoms with Crippen molar-refractivity contribution in [2.45, 2.75) is 0 Å². The van der Waals surface area contributed by atoms with E-state index in [1.54, 1.807) is 18.2 Å². The number of halogens is 3. The zero-order valence-electron chi connectivity index (χ0n) is 12.0. The molecule has 0 bridgehead atoms. The second kappa shape index (κ2) is 5.45. The molecule has 0 saturated carbocycles. The molecule has 0 fully saturated rings. The molecule has 7 heteroatoms. The Morgan fingerprint density at radius 2 is 1.79 bits per heavy atom. The van der Waals surface area contributed by atoms with Gasteiger partial charge >= 0.3 is 0 Å². The Kier molecular flexibility index (Phi) is 3.38. The summed E-state index contributed by atoms with van der Waals surface area (Å²) in [5.74, 6) is -1.45. The molecule has 4 nitrogen and oxygen atoms in total. The average molecular weight is 388 g/mol. The van der Waals surface area contributed by atoms with Crippen LogP contribution < -0.4 is 0 Å². The van der Waals surface area contributed by atoms with Crippen LogP contribution in [-0.2, 0) is 0 Å². The molecule has 2 aromatic carbocycles. The number of rotatable bonds is 2. The molecule has 0 aliphatic heterocycles. The van der Waals surface area contributed by atoms with Crippen molar-refractivity contribution in [1.29, 1.82) is 0 Å². The number of aromatic amines is 1. The van der Waals surface area contributed by atoms with Crippen LogP contribution in [0.4, 0.5) is 8.78 Å². The van der Waals surface area contributed by atoms with E-state index in [1.165, 1.54) is 18.2 Å². The molecular formula is C17H8BrF2N3O. The normalized spacial score (nSPS) is 11.3. The molecule has 0 radical (unpaired) electrons. The lowest BCUT2D eigenvalue weighted by atomic mass is 10.00. The van der Waals surface area contributed by atoms with Crippen LogP contribution in [0.15, 0.2) is 41.0 Å². The number of carbonyl (C=O) groups is 1. The van der Waals surface area contributed by atoms with Crippen LogP contribution in [-0.4, -0.2) is 21.5 Å². The molecule has 0 aliphatic carbocycles. The standard InChI is InChI=1S/C17H8BrF2N3O/c18-17-16-15(22-23-17)9-5-4-8(7-24)6-10(9)14(21-16)13-11(19)2-1-3-12(13)20/h1-7H,(H,22,23). The third kappa shape index (κ3) is 2.12. The number of aldehydes is 1. The van der Waals surface area contributed by atoms with Crippen molar-refractivity contribution >= 4 is 44.0 Å². The van der Waals surface area contributed by atoms with Crippen molar-refractivity contribution in [3.63, 3.8) is 0 Å². The molecule has 4 rings (SSSR count). The number of aromatic nitrogens is 3. The third-order valence-corrected chi connectivity index (χ3v) is 4.36. The summed E-state index contributed by atoms with van der Waals surface area (Å²) in [7, 11) is 0. The molecule has 118 valence electrons. The molecule has 2 aromatic heterocycles. The van der Waals surface area contributed by atoms with Gasteiger partial charge in [-0.15, -0.1) is 0 Å². The minimum absolute atomic E-state index is 0.124. The van der Waals surface area contributed by atoms with Gasteiger partial charge in [0.2, 0.25) is 0 Å². The highest BCUT2D eigenvalue weighted by atomic mass is 79.9. The van der Waals surface area contributed by atoms with Crippen LogP contribution in [0.25, 0.3) is 33.1 Å². The molecular weight excluding hydrogens is 380 g/mol. The molecule has 0 amide bonds. The number of hydrogen-bond donors (Lipinski definition) is 1. The van der Waals surface area contributed by atoms with Gasteiger partial charge in [-0.05, 0) is 34.1 Å². The van der Waals surface area contributed by atoms with E-state index in [1.807, 2.05) is 0 Å². The van der Waals surface area contributed by atoms with E-state index in [0.29, 0.717) is 38.3 Å². The zero-order chi connectivity index (χ0) is 16.8. The van der Waals surface area contributed by atoms with Gasteiger partial charge in [-0.2, -0.15) is 5.10 Å². The maximum Gasteiger partial charge on any atom is 0.150 e. The lowest BCUT2D eigenvalue weighted by Gasteiger charge is -2.09. The quantitative estimate of drug-likeness (QED) is 0.510. The average Bonchev–Trinajstić information content (AvgIpc) is 2.95. The Bertz CT molecular complexity index is 1100. The maximum absolute atomic E-state index is 14.3. The SMILES string of the molecule is O=Cc1ccc2c(c1)c(-c1c(F)cccc1F)nc1c(Br)[nH]nc12. The van der Waals surface area contributed by atoms with Crippen molar-refractivity contribution in [2.75, 3.05) is 0 Å². The van der Waals surface area contributed by atoms with Gasteiger partial charge in [0.25, 0.3) is 0 Å². The highest BCUT2D eigenvalue weighted by Crippen LogP contribution is 2.36. The van der Waals surface area contributed by atoms with E-state index in [4.69, 9.17) is 0 Å². The second-order valence-corrected chi connectivity index (χ2v) is 6.01. The summed E-state index contributed by atoms with van der Waals surface area (Å²) in [4.78, 5) is 15.5. The van der Waals surface area contributed by atoms with Crippen LogP contribution >= 0.6 is 15.9 Å². The molecule has 0 spiro atoms. The van der Waals surface area contributed by atoms with E-state index in [2.05, 4.69) is 31.1 Å². The monoisotopic (exact) mass is 387 g/mol. The fourth-order valence-electron chi connectivity index (χ4n) is 2.73. The molecule has 4 aromatic rings. The highest BCUT2D eigenvalue weighted by molar-refractivity contribution is 9.10.